The Balaban J connectivity index is 2.57. The van der Waals surface area contributed by atoms with E-state index in [0.29, 0.717) is 6.54 Å². The molecular weight excluding hydrogens is 202 g/mol. The van der Waals surface area contributed by atoms with Gasteiger partial charge in [0.1, 0.15) is 0 Å². The Hall–Kier alpha value is -1.55. The van der Waals surface area contributed by atoms with E-state index in [2.05, 4.69) is 29.1 Å². The maximum absolute atomic E-state index is 8.55. The van der Waals surface area contributed by atoms with Crippen molar-refractivity contribution < 1.29 is 5.21 Å². The zero-order chi connectivity index (χ0) is 11.8. The van der Waals surface area contributed by atoms with Crippen LogP contribution in [0.25, 0.3) is 0 Å². The molecule has 0 spiro atoms. The molecule has 4 heteroatoms. The molecule has 0 radical (unpaired) electrons. The summed E-state index contributed by atoms with van der Waals surface area (Å²) in [7, 11) is 0. The molecule has 0 aliphatic heterocycles. The third kappa shape index (κ3) is 4.31. The van der Waals surface area contributed by atoms with Gasteiger partial charge in [-0.1, -0.05) is 42.4 Å². The first-order valence-electron chi connectivity index (χ1n) is 5.49. The summed E-state index contributed by atoms with van der Waals surface area (Å²) in [6.07, 6.45) is 1.05. The molecule has 0 saturated heterocycles. The highest BCUT2D eigenvalue weighted by Gasteiger charge is 2.06. The highest BCUT2D eigenvalue weighted by Crippen LogP contribution is 2.04. The van der Waals surface area contributed by atoms with Crippen molar-refractivity contribution in [2.75, 3.05) is 13.1 Å². The Kier molecular flexibility index (Phi) is 5.36. The summed E-state index contributed by atoms with van der Waals surface area (Å²) < 4.78 is 0. The Bertz CT molecular complexity index is 324. The van der Waals surface area contributed by atoms with Crippen molar-refractivity contribution in [2.45, 2.75) is 19.9 Å². The van der Waals surface area contributed by atoms with Crippen molar-refractivity contribution in [3.05, 3.63) is 35.9 Å². The van der Waals surface area contributed by atoms with Crippen LogP contribution in [0.4, 0.5) is 0 Å². The summed E-state index contributed by atoms with van der Waals surface area (Å²) in [4.78, 5) is 2.16. The normalized spacial score (nSPS) is 12.0. The second kappa shape index (κ2) is 6.85. The Morgan fingerprint density at radius 1 is 1.38 bits per heavy atom. The molecule has 88 valence electrons. The van der Waals surface area contributed by atoms with Gasteiger partial charge >= 0.3 is 0 Å². The fraction of sp³-hybridized carbons (Fsp3) is 0.417. The molecule has 0 aromatic heterocycles. The standard InChI is InChI=1S/C12H19N3O/c1-2-8-15(10-12(13)14-16)9-11-6-4-3-5-7-11/h3-7,16H,2,8-10H2,1H3,(H2,13,14). The van der Waals surface area contributed by atoms with Crippen LogP contribution < -0.4 is 5.73 Å². The average Bonchev–Trinajstić information content (AvgIpc) is 2.30. The monoisotopic (exact) mass is 221 g/mol. The minimum absolute atomic E-state index is 0.254. The Labute approximate surface area is 96.4 Å². The van der Waals surface area contributed by atoms with Crippen LogP contribution in [0.15, 0.2) is 35.5 Å². The third-order valence-corrected chi connectivity index (χ3v) is 2.30. The summed E-state index contributed by atoms with van der Waals surface area (Å²) in [6.45, 7) is 4.37. The highest BCUT2D eigenvalue weighted by molar-refractivity contribution is 5.81. The molecule has 0 aliphatic carbocycles. The van der Waals surface area contributed by atoms with E-state index < -0.39 is 0 Å². The Morgan fingerprint density at radius 3 is 2.62 bits per heavy atom. The second-order valence-electron chi connectivity index (χ2n) is 3.79. The number of oxime groups is 1. The molecule has 0 fully saturated rings. The number of rotatable bonds is 6. The smallest absolute Gasteiger partial charge is 0.153 e. The van der Waals surface area contributed by atoms with Gasteiger partial charge < -0.3 is 10.9 Å². The van der Waals surface area contributed by atoms with Gasteiger partial charge in [0.2, 0.25) is 0 Å². The molecule has 1 aromatic rings. The maximum Gasteiger partial charge on any atom is 0.153 e. The van der Waals surface area contributed by atoms with Gasteiger partial charge in [-0.05, 0) is 18.5 Å². The van der Waals surface area contributed by atoms with E-state index in [4.69, 9.17) is 10.9 Å². The summed E-state index contributed by atoms with van der Waals surface area (Å²) in [5.41, 5.74) is 6.75. The number of nitrogens with zero attached hydrogens (tertiary/aromatic N) is 2. The van der Waals surface area contributed by atoms with Crippen molar-refractivity contribution >= 4 is 5.84 Å². The van der Waals surface area contributed by atoms with E-state index in [1.165, 1.54) is 5.56 Å². The molecule has 16 heavy (non-hydrogen) atoms. The van der Waals surface area contributed by atoms with Crippen molar-refractivity contribution in [3.63, 3.8) is 0 Å². The van der Waals surface area contributed by atoms with E-state index >= 15 is 0 Å². The minimum atomic E-state index is 0.254. The van der Waals surface area contributed by atoms with E-state index in [1.54, 1.807) is 0 Å². The molecule has 1 rings (SSSR count). The fourth-order valence-electron chi connectivity index (χ4n) is 1.63. The molecule has 0 aliphatic rings. The maximum atomic E-state index is 8.55. The summed E-state index contributed by atoms with van der Waals surface area (Å²) in [5, 5.41) is 11.6. The zero-order valence-electron chi connectivity index (χ0n) is 9.63. The van der Waals surface area contributed by atoms with Crippen molar-refractivity contribution in [1.82, 2.24) is 4.90 Å². The van der Waals surface area contributed by atoms with Gasteiger partial charge in [0, 0.05) is 6.54 Å². The predicted molar refractivity (Wildman–Crippen MR) is 65.4 cm³/mol. The lowest BCUT2D eigenvalue weighted by atomic mass is 10.2. The molecule has 4 nitrogen and oxygen atoms in total. The molecule has 0 heterocycles. The molecule has 0 bridgehead atoms. The van der Waals surface area contributed by atoms with Crippen LogP contribution in [-0.2, 0) is 6.54 Å². The number of hydrogen-bond donors (Lipinski definition) is 2. The van der Waals surface area contributed by atoms with Crippen molar-refractivity contribution in [2.24, 2.45) is 10.9 Å². The minimum Gasteiger partial charge on any atom is -0.409 e. The molecule has 0 saturated carbocycles. The molecule has 1 aromatic carbocycles. The number of benzene rings is 1. The van der Waals surface area contributed by atoms with Crippen LogP contribution in [0, 0.1) is 0 Å². The van der Waals surface area contributed by atoms with Gasteiger partial charge in [-0.3, -0.25) is 4.90 Å². The molecule has 0 atom stereocenters. The summed E-state index contributed by atoms with van der Waals surface area (Å²) in [6, 6.07) is 10.2. The van der Waals surface area contributed by atoms with Crippen LogP contribution in [0.2, 0.25) is 0 Å². The molecular formula is C12H19N3O. The molecule has 0 amide bonds. The van der Waals surface area contributed by atoms with Crippen LogP contribution >= 0.6 is 0 Å². The molecule has 3 N–H and O–H groups in total. The first-order chi connectivity index (χ1) is 7.76. The lowest BCUT2D eigenvalue weighted by Gasteiger charge is -2.20. The molecule has 0 unspecified atom stereocenters. The SMILES string of the molecule is CCCN(CC(N)=NO)Cc1ccccc1. The van der Waals surface area contributed by atoms with Crippen LogP contribution in [-0.4, -0.2) is 29.0 Å². The summed E-state index contributed by atoms with van der Waals surface area (Å²) in [5.74, 6) is 0.254. The van der Waals surface area contributed by atoms with Crippen LogP contribution in [0.1, 0.15) is 18.9 Å². The number of nitrogens with two attached hydrogens (primary N) is 1. The Morgan fingerprint density at radius 2 is 2.06 bits per heavy atom. The van der Waals surface area contributed by atoms with Crippen LogP contribution in [0.3, 0.4) is 0 Å². The van der Waals surface area contributed by atoms with Gasteiger partial charge in [0.15, 0.2) is 5.84 Å². The first kappa shape index (κ1) is 12.5. The van der Waals surface area contributed by atoms with Gasteiger partial charge in [-0.2, -0.15) is 0 Å². The van der Waals surface area contributed by atoms with E-state index in [1.807, 2.05) is 18.2 Å². The van der Waals surface area contributed by atoms with Gasteiger partial charge in [-0.25, -0.2) is 0 Å². The average molecular weight is 221 g/mol. The number of hydrogen-bond acceptors (Lipinski definition) is 3. The third-order valence-electron chi connectivity index (χ3n) is 2.30. The quantitative estimate of drug-likeness (QED) is 0.332. The predicted octanol–water partition coefficient (Wildman–Crippen LogP) is 1.64. The topological polar surface area (TPSA) is 61.8 Å². The van der Waals surface area contributed by atoms with Gasteiger partial charge in [0.05, 0.1) is 6.54 Å². The van der Waals surface area contributed by atoms with E-state index in [9.17, 15) is 0 Å². The first-order valence-corrected chi connectivity index (χ1v) is 5.49. The lowest BCUT2D eigenvalue weighted by Crippen LogP contribution is -2.34. The summed E-state index contributed by atoms with van der Waals surface area (Å²) >= 11 is 0. The zero-order valence-corrected chi connectivity index (χ0v) is 9.63. The van der Waals surface area contributed by atoms with Crippen LogP contribution in [0.5, 0.6) is 0 Å². The van der Waals surface area contributed by atoms with Gasteiger partial charge in [-0.15, -0.1) is 0 Å². The fourth-order valence-corrected chi connectivity index (χ4v) is 1.63. The number of amidine groups is 1. The van der Waals surface area contributed by atoms with Crippen molar-refractivity contribution in [3.8, 4) is 0 Å². The van der Waals surface area contributed by atoms with E-state index in [-0.39, 0.29) is 5.84 Å². The lowest BCUT2D eigenvalue weighted by molar-refractivity contribution is 0.286. The highest BCUT2D eigenvalue weighted by atomic mass is 16.4. The van der Waals surface area contributed by atoms with Crippen molar-refractivity contribution in [1.29, 1.82) is 0 Å². The van der Waals surface area contributed by atoms with Gasteiger partial charge in [0.25, 0.3) is 0 Å². The largest absolute Gasteiger partial charge is 0.409 e. The second-order valence-corrected chi connectivity index (χ2v) is 3.79. The van der Waals surface area contributed by atoms with E-state index in [0.717, 1.165) is 19.5 Å².